The van der Waals surface area contributed by atoms with E-state index in [1.54, 1.807) is 18.2 Å². The highest BCUT2D eigenvalue weighted by Gasteiger charge is 2.10. The van der Waals surface area contributed by atoms with Crippen LogP contribution >= 0.6 is 23.2 Å². The van der Waals surface area contributed by atoms with Crippen molar-refractivity contribution in [2.24, 2.45) is 5.92 Å². The normalized spacial score (nSPS) is 14.1. The molecule has 0 bridgehead atoms. The van der Waals surface area contributed by atoms with E-state index in [1.165, 1.54) is 0 Å². The monoisotopic (exact) mass is 321 g/mol. The summed E-state index contributed by atoms with van der Waals surface area (Å²) in [5.74, 6) is 0.759. The van der Waals surface area contributed by atoms with Gasteiger partial charge in [0.25, 0.3) is 0 Å². The molecule has 0 spiro atoms. The standard InChI is InChI=1S/C14H21Cl2NO3/c1-10(5-6-18)7-17-8-11(19)9-20-14-12(15)3-2-4-13(14)16/h2-4,10-11,17-19H,5-9H2,1H3. The zero-order chi connectivity index (χ0) is 15.0. The van der Waals surface area contributed by atoms with Crippen molar-refractivity contribution in [3.63, 3.8) is 0 Å². The van der Waals surface area contributed by atoms with Crippen LogP contribution in [0.2, 0.25) is 10.0 Å². The van der Waals surface area contributed by atoms with E-state index in [1.807, 2.05) is 6.92 Å². The van der Waals surface area contributed by atoms with Crippen LogP contribution in [0.5, 0.6) is 5.75 Å². The zero-order valence-corrected chi connectivity index (χ0v) is 13.0. The van der Waals surface area contributed by atoms with Crippen LogP contribution in [0.15, 0.2) is 18.2 Å². The number of benzene rings is 1. The van der Waals surface area contributed by atoms with Crippen LogP contribution < -0.4 is 10.1 Å². The van der Waals surface area contributed by atoms with Gasteiger partial charge in [0.15, 0.2) is 5.75 Å². The average molecular weight is 322 g/mol. The molecule has 3 N–H and O–H groups in total. The fraction of sp³-hybridized carbons (Fsp3) is 0.571. The fourth-order valence-electron chi connectivity index (χ4n) is 1.68. The number of nitrogens with one attached hydrogen (secondary N) is 1. The molecule has 0 aliphatic rings. The first-order valence-corrected chi connectivity index (χ1v) is 7.36. The van der Waals surface area contributed by atoms with E-state index in [4.69, 9.17) is 33.0 Å². The number of aliphatic hydroxyl groups excluding tert-OH is 2. The maximum Gasteiger partial charge on any atom is 0.156 e. The van der Waals surface area contributed by atoms with Crippen LogP contribution in [0.1, 0.15) is 13.3 Å². The molecule has 2 atom stereocenters. The second kappa shape index (κ2) is 9.42. The van der Waals surface area contributed by atoms with Crippen molar-refractivity contribution in [1.29, 1.82) is 0 Å². The van der Waals surface area contributed by atoms with E-state index >= 15 is 0 Å². The Kier molecular flexibility index (Phi) is 8.26. The van der Waals surface area contributed by atoms with Gasteiger partial charge in [0.2, 0.25) is 0 Å². The third-order valence-electron chi connectivity index (χ3n) is 2.83. The third kappa shape index (κ3) is 6.29. The molecule has 4 nitrogen and oxygen atoms in total. The first-order chi connectivity index (χ1) is 9.54. The predicted molar refractivity (Wildman–Crippen MR) is 81.7 cm³/mol. The molecular formula is C14H21Cl2NO3. The molecule has 2 unspecified atom stereocenters. The smallest absolute Gasteiger partial charge is 0.156 e. The predicted octanol–water partition coefficient (Wildman–Crippen LogP) is 2.34. The highest BCUT2D eigenvalue weighted by molar-refractivity contribution is 6.37. The fourth-order valence-corrected chi connectivity index (χ4v) is 2.18. The number of para-hydroxylation sites is 1. The summed E-state index contributed by atoms with van der Waals surface area (Å²) >= 11 is 11.9. The molecule has 0 fully saturated rings. The van der Waals surface area contributed by atoms with Crippen LogP contribution in [0.4, 0.5) is 0 Å². The molecule has 20 heavy (non-hydrogen) atoms. The second-order valence-electron chi connectivity index (χ2n) is 4.79. The lowest BCUT2D eigenvalue weighted by molar-refractivity contribution is 0.105. The van der Waals surface area contributed by atoms with Gasteiger partial charge in [-0.15, -0.1) is 0 Å². The maximum atomic E-state index is 9.81. The molecule has 0 aliphatic carbocycles. The van der Waals surface area contributed by atoms with Gasteiger partial charge in [-0.25, -0.2) is 0 Å². The Morgan fingerprint density at radius 3 is 2.50 bits per heavy atom. The number of aliphatic hydroxyl groups is 2. The summed E-state index contributed by atoms with van der Waals surface area (Å²) in [4.78, 5) is 0. The molecule has 0 radical (unpaired) electrons. The summed E-state index contributed by atoms with van der Waals surface area (Å²) in [6.07, 6.45) is 0.0955. The van der Waals surface area contributed by atoms with E-state index in [0.29, 0.717) is 28.3 Å². The van der Waals surface area contributed by atoms with Crippen molar-refractivity contribution < 1.29 is 14.9 Å². The zero-order valence-electron chi connectivity index (χ0n) is 11.5. The van der Waals surface area contributed by atoms with Gasteiger partial charge in [-0.2, -0.15) is 0 Å². The molecule has 1 rings (SSSR count). The van der Waals surface area contributed by atoms with E-state index in [-0.39, 0.29) is 13.2 Å². The minimum absolute atomic E-state index is 0.116. The van der Waals surface area contributed by atoms with Crippen molar-refractivity contribution in [2.45, 2.75) is 19.4 Å². The van der Waals surface area contributed by atoms with Gasteiger partial charge < -0.3 is 20.3 Å². The second-order valence-corrected chi connectivity index (χ2v) is 5.61. The Morgan fingerprint density at radius 2 is 1.90 bits per heavy atom. The SMILES string of the molecule is CC(CCO)CNCC(O)COc1c(Cl)cccc1Cl. The topological polar surface area (TPSA) is 61.7 Å². The molecule has 0 aliphatic heterocycles. The number of hydrogen-bond acceptors (Lipinski definition) is 4. The summed E-state index contributed by atoms with van der Waals surface area (Å²) in [7, 11) is 0. The van der Waals surface area contributed by atoms with Crippen molar-refractivity contribution >= 4 is 23.2 Å². The van der Waals surface area contributed by atoms with Gasteiger partial charge in [-0.3, -0.25) is 0 Å². The number of rotatable bonds is 9. The summed E-state index contributed by atoms with van der Waals surface area (Å²) in [5.41, 5.74) is 0. The van der Waals surface area contributed by atoms with Crippen LogP contribution in [0.25, 0.3) is 0 Å². The molecule has 1 aromatic rings. The molecule has 0 saturated carbocycles. The maximum absolute atomic E-state index is 9.81. The van der Waals surface area contributed by atoms with Gasteiger partial charge in [-0.1, -0.05) is 36.2 Å². The lowest BCUT2D eigenvalue weighted by Gasteiger charge is -2.16. The molecule has 114 valence electrons. The first kappa shape index (κ1) is 17.5. The molecule has 0 amide bonds. The lowest BCUT2D eigenvalue weighted by atomic mass is 10.1. The first-order valence-electron chi connectivity index (χ1n) is 6.61. The van der Waals surface area contributed by atoms with E-state index in [0.717, 1.165) is 13.0 Å². The molecule has 0 heterocycles. The Morgan fingerprint density at radius 1 is 1.25 bits per heavy atom. The lowest BCUT2D eigenvalue weighted by Crippen LogP contribution is -2.34. The average Bonchev–Trinajstić information content (AvgIpc) is 2.38. The van der Waals surface area contributed by atoms with E-state index < -0.39 is 6.10 Å². The Hall–Kier alpha value is -0.520. The van der Waals surface area contributed by atoms with Crippen molar-refractivity contribution in [1.82, 2.24) is 5.32 Å². The van der Waals surface area contributed by atoms with Gasteiger partial charge in [0.05, 0.1) is 10.0 Å². The quantitative estimate of drug-likeness (QED) is 0.653. The number of halogens is 2. The highest BCUT2D eigenvalue weighted by Crippen LogP contribution is 2.32. The van der Waals surface area contributed by atoms with E-state index in [2.05, 4.69) is 5.32 Å². The Labute approximate surface area is 129 Å². The Balaban J connectivity index is 2.28. The minimum atomic E-state index is -0.649. The van der Waals surface area contributed by atoms with Crippen molar-refractivity contribution in [3.8, 4) is 5.75 Å². The summed E-state index contributed by atoms with van der Waals surface area (Å²) < 4.78 is 5.44. The van der Waals surface area contributed by atoms with E-state index in [9.17, 15) is 5.11 Å². The highest BCUT2D eigenvalue weighted by atomic mass is 35.5. The minimum Gasteiger partial charge on any atom is -0.488 e. The third-order valence-corrected chi connectivity index (χ3v) is 3.43. The van der Waals surface area contributed by atoms with Crippen LogP contribution in [0, 0.1) is 5.92 Å². The molecule has 6 heteroatoms. The van der Waals surface area contributed by atoms with Gasteiger partial charge >= 0.3 is 0 Å². The van der Waals surface area contributed by atoms with Crippen molar-refractivity contribution in [2.75, 3.05) is 26.3 Å². The summed E-state index contributed by atoms with van der Waals surface area (Å²) in [5, 5.41) is 22.6. The number of hydrogen-bond donors (Lipinski definition) is 3. The van der Waals surface area contributed by atoms with Gasteiger partial charge in [0, 0.05) is 13.2 Å². The van der Waals surface area contributed by atoms with Gasteiger partial charge in [0.1, 0.15) is 12.7 Å². The van der Waals surface area contributed by atoms with Gasteiger partial charge in [-0.05, 0) is 31.0 Å². The van der Waals surface area contributed by atoms with Crippen LogP contribution in [0.3, 0.4) is 0 Å². The largest absolute Gasteiger partial charge is 0.488 e. The molecule has 1 aromatic carbocycles. The van der Waals surface area contributed by atoms with Crippen LogP contribution in [-0.2, 0) is 0 Å². The molecule has 0 saturated heterocycles. The Bertz CT molecular complexity index is 384. The number of ether oxygens (including phenoxy) is 1. The van der Waals surface area contributed by atoms with Crippen LogP contribution in [-0.4, -0.2) is 42.6 Å². The summed E-state index contributed by atoms with van der Waals surface area (Å²) in [6, 6.07) is 5.10. The summed E-state index contributed by atoms with van der Waals surface area (Å²) in [6.45, 7) is 3.49. The van der Waals surface area contributed by atoms with Crippen molar-refractivity contribution in [3.05, 3.63) is 28.2 Å². The molecule has 0 aromatic heterocycles. The molecular weight excluding hydrogens is 301 g/mol.